The zero-order valence-electron chi connectivity index (χ0n) is 18.7. The van der Waals surface area contributed by atoms with Gasteiger partial charge < -0.3 is 15.1 Å². The van der Waals surface area contributed by atoms with Gasteiger partial charge in [-0.15, -0.1) is 0 Å². The predicted octanol–water partition coefficient (Wildman–Crippen LogP) is 6.06. The second-order valence-electron chi connectivity index (χ2n) is 8.48. The van der Waals surface area contributed by atoms with Crippen LogP contribution in [0.15, 0.2) is 66.9 Å². The maximum Gasteiger partial charge on any atom is 0.141 e. The molecule has 4 aromatic rings. The zero-order valence-corrected chi connectivity index (χ0v) is 19.5. The first kappa shape index (κ1) is 22.1. The number of rotatable bonds is 4. The number of nitriles is 1. The minimum atomic E-state index is -0.491. The van der Waals surface area contributed by atoms with Gasteiger partial charge >= 0.3 is 0 Å². The van der Waals surface area contributed by atoms with Crippen LogP contribution in [0, 0.1) is 17.1 Å². The van der Waals surface area contributed by atoms with Gasteiger partial charge in [-0.05, 0) is 60.6 Å². The van der Waals surface area contributed by atoms with E-state index in [0.29, 0.717) is 16.9 Å². The molecule has 170 valence electrons. The number of nitrogens with zero attached hydrogens (tertiary/aromatic N) is 4. The first-order chi connectivity index (χ1) is 16.5. The smallest absolute Gasteiger partial charge is 0.141 e. The average Bonchev–Trinajstić information content (AvgIpc) is 2.87. The first-order valence-corrected chi connectivity index (χ1v) is 11.5. The van der Waals surface area contributed by atoms with Crippen LogP contribution in [-0.4, -0.2) is 43.1 Å². The van der Waals surface area contributed by atoms with Gasteiger partial charge in [0.25, 0.3) is 0 Å². The Labute approximate surface area is 203 Å². The van der Waals surface area contributed by atoms with Crippen LogP contribution in [0.1, 0.15) is 5.56 Å². The van der Waals surface area contributed by atoms with E-state index in [2.05, 4.69) is 57.5 Å². The van der Waals surface area contributed by atoms with Crippen molar-refractivity contribution in [2.45, 2.75) is 0 Å². The maximum atomic E-state index is 13.6. The van der Waals surface area contributed by atoms with Gasteiger partial charge in [-0.2, -0.15) is 5.26 Å². The van der Waals surface area contributed by atoms with Gasteiger partial charge in [-0.1, -0.05) is 29.8 Å². The number of likely N-dealkylation sites (N-methyl/N-ethyl adjacent to an activating group) is 1. The van der Waals surface area contributed by atoms with Gasteiger partial charge in [-0.25, -0.2) is 4.39 Å². The van der Waals surface area contributed by atoms with Crippen LogP contribution in [0.2, 0.25) is 5.02 Å². The first-order valence-electron chi connectivity index (χ1n) is 11.1. The fourth-order valence-corrected chi connectivity index (χ4v) is 4.42. The molecule has 0 bridgehead atoms. The van der Waals surface area contributed by atoms with Gasteiger partial charge in [0.15, 0.2) is 0 Å². The number of hydrogen-bond acceptors (Lipinski definition) is 5. The normalized spacial score (nSPS) is 14.2. The highest BCUT2D eigenvalue weighted by Gasteiger charge is 2.15. The molecule has 0 radical (unpaired) electrons. The van der Waals surface area contributed by atoms with Crippen molar-refractivity contribution >= 4 is 39.6 Å². The molecule has 1 N–H and O–H groups in total. The number of fused-ring (bicyclic) bond motifs is 1. The van der Waals surface area contributed by atoms with Gasteiger partial charge in [0.05, 0.1) is 21.8 Å². The SMILES string of the molecule is CN1CCN(c2ccc(-c3ccc4ncc(C#N)c(Nc5ccc(F)c(Cl)c5)c4c3)cc2)CC1. The van der Waals surface area contributed by atoms with Crippen molar-refractivity contribution in [2.75, 3.05) is 43.4 Å². The van der Waals surface area contributed by atoms with Crippen LogP contribution in [0.4, 0.5) is 21.5 Å². The highest BCUT2D eigenvalue weighted by Crippen LogP contribution is 2.33. The lowest BCUT2D eigenvalue weighted by Gasteiger charge is -2.34. The van der Waals surface area contributed by atoms with Crippen LogP contribution in [-0.2, 0) is 0 Å². The Morgan fingerprint density at radius 2 is 1.71 bits per heavy atom. The molecule has 0 unspecified atom stereocenters. The summed E-state index contributed by atoms with van der Waals surface area (Å²) in [6.45, 7) is 4.18. The van der Waals surface area contributed by atoms with Gasteiger partial charge in [0.2, 0.25) is 0 Å². The van der Waals surface area contributed by atoms with Crippen LogP contribution in [0.25, 0.3) is 22.0 Å². The predicted molar refractivity (Wildman–Crippen MR) is 136 cm³/mol. The topological polar surface area (TPSA) is 55.2 Å². The molecule has 0 aliphatic carbocycles. The lowest BCUT2D eigenvalue weighted by Crippen LogP contribution is -2.44. The molecule has 1 aliphatic heterocycles. The van der Waals surface area contributed by atoms with E-state index < -0.39 is 5.82 Å². The highest BCUT2D eigenvalue weighted by atomic mass is 35.5. The molecule has 1 saturated heterocycles. The van der Waals surface area contributed by atoms with E-state index in [-0.39, 0.29) is 5.02 Å². The maximum absolute atomic E-state index is 13.6. The van der Waals surface area contributed by atoms with E-state index >= 15 is 0 Å². The zero-order chi connectivity index (χ0) is 23.7. The number of aromatic nitrogens is 1. The molecule has 0 spiro atoms. The Kier molecular flexibility index (Phi) is 6.06. The van der Waals surface area contributed by atoms with Crippen molar-refractivity contribution in [3.63, 3.8) is 0 Å². The number of piperazine rings is 1. The molecular formula is C27H23ClFN5. The van der Waals surface area contributed by atoms with E-state index in [1.54, 1.807) is 12.3 Å². The summed E-state index contributed by atoms with van der Waals surface area (Å²) in [7, 11) is 2.15. The number of anilines is 3. The van der Waals surface area contributed by atoms with Crippen LogP contribution in [0.5, 0.6) is 0 Å². The summed E-state index contributed by atoms with van der Waals surface area (Å²) >= 11 is 5.96. The number of halogens is 2. The Morgan fingerprint density at radius 3 is 2.41 bits per heavy atom. The fourth-order valence-electron chi connectivity index (χ4n) is 4.24. The summed E-state index contributed by atoms with van der Waals surface area (Å²) in [4.78, 5) is 9.19. The molecule has 1 aromatic heterocycles. The summed E-state index contributed by atoms with van der Waals surface area (Å²) in [6.07, 6.45) is 1.54. The largest absolute Gasteiger partial charge is 0.369 e. The number of benzene rings is 3. The summed E-state index contributed by atoms with van der Waals surface area (Å²) in [5.74, 6) is -0.491. The number of pyridine rings is 1. The second kappa shape index (κ2) is 9.30. The summed E-state index contributed by atoms with van der Waals surface area (Å²) in [5.41, 5.74) is 5.69. The third-order valence-electron chi connectivity index (χ3n) is 6.25. The Balaban J connectivity index is 1.50. The van der Waals surface area contributed by atoms with Crippen molar-refractivity contribution in [2.24, 2.45) is 0 Å². The van der Waals surface area contributed by atoms with Crippen molar-refractivity contribution in [3.05, 3.63) is 83.3 Å². The van der Waals surface area contributed by atoms with Crippen LogP contribution in [0.3, 0.4) is 0 Å². The molecule has 5 rings (SSSR count). The molecule has 3 aromatic carbocycles. The van der Waals surface area contributed by atoms with Crippen LogP contribution < -0.4 is 10.2 Å². The molecule has 34 heavy (non-hydrogen) atoms. The van der Waals surface area contributed by atoms with E-state index in [0.717, 1.165) is 48.2 Å². The number of nitrogens with one attached hydrogen (secondary N) is 1. The monoisotopic (exact) mass is 471 g/mol. The summed E-state index contributed by atoms with van der Waals surface area (Å²) in [5, 5.41) is 13.8. The molecule has 1 aliphatic rings. The lowest BCUT2D eigenvalue weighted by molar-refractivity contribution is 0.313. The highest BCUT2D eigenvalue weighted by molar-refractivity contribution is 6.31. The third-order valence-corrected chi connectivity index (χ3v) is 6.54. The Bertz CT molecular complexity index is 1390. The minimum Gasteiger partial charge on any atom is -0.369 e. The van der Waals surface area contributed by atoms with E-state index in [1.165, 1.54) is 17.8 Å². The molecular weight excluding hydrogens is 449 g/mol. The van der Waals surface area contributed by atoms with Crippen molar-refractivity contribution < 1.29 is 4.39 Å². The van der Waals surface area contributed by atoms with Crippen molar-refractivity contribution in [1.82, 2.24) is 9.88 Å². The number of hydrogen-bond donors (Lipinski definition) is 1. The average molecular weight is 472 g/mol. The summed E-state index contributed by atoms with van der Waals surface area (Å²) in [6, 6.07) is 21.2. The van der Waals surface area contributed by atoms with Crippen LogP contribution >= 0.6 is 11.6 Å². The molecule has 0 atom stereocenters. The van der Waals surface area contributed by atoms with Crippen molar-refractivity contribution in [3.8, 4) is 17.2 Å². The molecule has 1 fully saturated rings. The Morgan fingerprint density at radius 1 is 0.971 bits per heavy atom. The molecule has 5 nitrogen and oxygen atoms in total. The standard InChI is InChI=1S/C27H23ClFN5/c1-33-10-12-34(13-11-33)22-6-2-18(3-7-22)19-4-9-26-23(14-19)27(20(16-30)17-31-26)32-21-5-8-25(29)24(28)15-21/h2-9,14-15,17H,10-13H2,1H3,(H,31,32). The fraction of sp³-hybridized carbons (Fsp3) is 0.185. The minimum absolute atomic E-state index is 0.0167. The van der Waals surface area contributed by atoms with Gasteiger partial charge in [0, 0.05) is 49.1 Å². The third kappa shape index (κ3) is 4.41. The van der Waals surface area contributed by atoms with Gasteiger partial charge in [-0.3, -0.25) is 4.98 Å². The molecule has 0 saturated carbocycles. The molecule has 7 heteroatoms. The molecule has 0 amide bonds. The van der Waals surface area contributed by atoms with E-state index in [9.17, 15) is 9.65 Å². The Hall–Kier alpha value is -3.66. The van der Waals surface area contributed by atoms with Gasteiger partial charge in [0.1, 0.15) is 11.9 Å². The van der Waals surface area contributed by atoms with E-state index in [4.69, 9.17) is 11.6 Å². The van der Waals surface area contributed by atoms with E-state index in [1.807, 2.05) is 18.2 Å². The quantitative estimate of drug-likeness (QED) is 0.392. The lowest BCUT2D eigenvalue weighted by atomic mass is 10.0. The van der Waals surface area contributed by atoms with Crippen molar-refractivity contribution in [1.29, 1.82) is 5.26 Å². The summed E-state index contributed by atoms with van der Waals surface area (Å²) < 4.78 is 13.6. The molecule has 2 heterocycles. The second-order valence-corrected chi connectivity index (χ2v) is 8.89.